The second-order valence-corrected chi connectivity index (χ2v) is 11.9. The first-order valence-corrected chi connectivity index (χ1v) is 15.6. The van der Waals surface area contributed by atoms with Gasteiger partial charge in [-0.05, 0) is 43.7 Å². The van der Waals surface area contributed by atoms with Crippen molar-refractivity contribution in [1.82, 2.24) is 39.3 Å². The average molecular weight is 642 g/mol. The predicted molar refractivity (Wildman–Crippen MR) is 170 cm³/mol. The van der Waals surface area contributed by atoms with Crippen LogP contribution in [0.5, 0.6) is 0 Å². The van der Waals surface area contributed by atoms with Crippen molar-refractivity contribution in [3.63, 3.8) is 0 Å². The molecule has 12 nitrogen and oxygen atoms in total. The number of carbonyl (C=O) groups is 2. The Balaban J connectivity index is 0.976. The van der Waals surface area contributed by atoms with Crippen LogP contribution in [0, 0.1) is 11.8 Å². The van der Waals surface area contributed by atoms with Crippen molar-refractivity contribution in [2.75, 3.05) is 31.1 Å². The molecule has 47 heavy (non-hydrogen) atoms. The van der Waals surface area contributed by atoms with Crippen LogP contribution in [0.4, 0.5) is 14.5 Å². The van der Waals surface area contributed by atoms with Crippen molar-refractivity contribution < 1.29 is 18.4 Å². The van der Waals surface area contributed by atoms with Gasteiger partial charge in [-0.2, -0.15) is 10.2 Å². The van der Waals surface area contributed by atoms with Crippen LogP contribution in [-0.2, 0) is 16.6 Å². The van der Waals surface area contributed by atoms with E-state index in [0.29, 0.717) is 54.0 Å². The number of likely N-dealkylation sites (tertiary alicyclic amines) is 1. The zero-order valence-corrected chi connectivity index (χ0v) is 25.7. The molecule has 2 amide bonds. The number of hydrogen-bond donors (Lipinski definition) is 2. The van der Waals surface area contributed by atoms with Gasteiger partial charge in [0.15, 0.2) is 5.69 Å². The van der Waals surface area contributed by atoms with Gasteiger partial charge in [0.1, 0.15) is 11.7 Å². The van der Waals surface area contributed by atoms with Crippen molar-refractivity contribution >= 4 is 34.2 Å². The standard InChI is InChI=1S/C33H33F2N9O3/c1-40-30-21(9-7-11-25(30)44(33(40)47)26-12-13-28(45)37-32(26)46)8-3-2-5-16-41-18-22(19-41)43-20-27(29(39-43)31(34)35)42-17-6-4-10-24(42)23-14-15-36-38-23/h4,6-7,9-11,14-15,20,22,26,31H,2,5,12-13,16-19H2,1H3,(H,36,38)(H,37,45,46). The van der Waals surface area contributed by atoms with E-state index in [1.54, 1.807) is 30.2 Å². The Kier molecular flexibility index (Phi) is 8.07. The number of para-hydroxylation sites is 1. The summed E-state index contributed by atoms with van der Waals surface area (Å²) in [5.74, 6) is 5.61. The number of aromatic amines is 1. The molecule has 4 aromatic rings. The molecule has 3 aromatic heterocycles. The molecule has 14 heteroatoms. The lowest BCUT2D eigenvalue weighted by atomic mass is 10.1. The highest BCUT2D eigenvalue weighted by Gasteiger charge is 2.33. The first kappa shape index (κ1) is 30.4. The average Bonchev–Trinajstić information content (AvgIpc) is 3.78. The topological polar surface area (TPSA) is 126 Å². The van der Waals surface area contributed by atoms with Crippen molar-refractivity contribution in [2.24, 2.45) is 7.05 Å². The third-order valence-corrected chi connectivity index (χ3v) is 8.91. The number of unbranched alkanes of at least 4 members (excludes halogenated alkanes) is 1. The molecule has 0 saturated carbocycles. The lowest BCUT2D eigenvalue weighted by Gasteiger charge is -2.39. The number of allylic oxidation sites excluding steroid dienone is 2. The highest BCUT2D eigenvalue weighted by Crippen LogP contribution is 2.36. The number of anilines is 1. The maximum Gasteiger partial charge on any atom is 0.329 e. The minimum Gasteiger partial charge on any atom is -0.333 e. The van der Waals surface area contributed by atoms with E-state index in [-0.39, 0.29) is 36.2 Å². The normalized spacial score (nSPS) is 18.8. The minimum absolute atomic E-state index is 0.00206. The number of aryl methyl sites for hydroxylation is 1. The largest absolute Gasteiger partial charge is 0.333 e. The Labute approximate surface area is 268 Å². The zero-order valence-electron chi connectivity index (χ0n) is 25.7. The number of amides is 2. The Morgan fingerprint density at radius 3 is 2.77 bits per heavy atom. The Morgan fingerprint density at radius 2 is 2.00 bits per heavy atom. The number of imide groups is 1. The number of imidazole rings is 1. The quantitative estimate of drug-likeness (QED) is 0.172. The molecule has 3 aliphatic heterocycles. The van der Waals surface area contributed by atoms with Gasteiger partial charge in [0, 0.05) is 51.9 Å². The molecule has 0 bridgehead atoms. The number of nitrogens with zero attached hydrogens (tertiary/aromatic N) is 7. The summed E-state index contributed by atoms with van der Waals surface area (Å²) in [5.41, 5.74) is 3.16. The summed E-state index contributed by atoms with van der Waals surface area (Å²) >= 11 is 0. The summed E-state index contributed by atoms with van der Waals surface area (Å²) in [7, 11) is 1.66. The molecule has 2 saturated heterocycles. The number of aromatic nitrogens is 6. The molecule has 7 rings (SSSR count). The van der Waals surface area contributed by atoms with Gasteiger partial charge in [-0.3, -0.25) is 38.7 Å². The molecule has 0 aliphatic carbocycles. The fourth-order valence-electron chi connectivity index (χ4n) is 6.53. The third-order valence-electron chi connectivity index (χ3n) is 8.91. The fraction of sp³-hybridized carbons (Fsp3) is 0.364. The number of H-pyrrole nitrogens is 1. The summed E-state index contributed by atoms with van der Waals surface area (Å²) in [4.78, 5) is 41.3. The van der Waals surface area contributed by atoms with Crippen LogP contribution < -0.4 is 15.9 Å². The van der Waals surface area contributed by atoms with Crippen LogP contribution in [0.2, 0.25) is 0 Å². The van der Waals surface area contributed by atoms with Gasteiger partial charge in [-0.15, -0.1) is 0 Å². The minimum atomic E-state index is -2.71. The Morgan fingerprint density at radius 1 is 1.15 bits per heavy atom. The lowest BCUT2D eigenvalue weighted by Crippen LogP contribution is -2.48. The van der Waals surface area contributed by atoms with E-state index in [1.807, 2.05) is 41.3 Å². The second kappa shape index (κ2) is 12.5. The molecule has 3 aliphatic rings. The summed E-state index contributed by atoms with van der Waals surface area (Å²) in [6, 6.07) is 6.51. The van der Waals surface area contributed by atoms with Crippen molar-refractivity contribution in [3.8, 4) is 11.8 Å². The number of fused-ring (bicyclic) bond motifs is 1. The van der Waals surface area contributed by atoms with E-state index < -0.39 is 18.4 Å². The van der Waals surface area contributed by atoms with Crippen LogP contribution >= 0.6 is 0 Å². The molecule has 0 spiro atoms. The zero-order chi connectivity index (χ0) is 32.7. The predicted octanol–water partition coefficient (Wildman–Crippen LogP) is 3.28. The van der Waals surface area contributed by atoms with Crippen molar-refractivity contribution in [2.45, 2.75) is 44.2 Å². The van der Waals surface area contributed by atoms with Crippen LogP contribution in [0.25, 0.3) is 16.7 Å². The van der Waals surface area contributed by atoms with Crippen LogP contribution in [0.1, 0.15) is 61.1 Å². The molecule has 6 heterocycles. The van der Waals surface area contributed by atoms with E-state index in [0.717, 1.165) is 18.7 Å². The first-order valence-electron chi connectivity index (χ1n) is 15.6. The number of carbonyl (C=O) groups excluding carboxylic acids is 2. The van der Waals surface area contributed by atoms with Gasteiger partial charge >= 0.3 is 5.69 Å². The van der Waals surface area contributed by atoms with E-state index in [2.05, 4.69) is 37.4 Å². The Hall–Kier alpha value is -5.29. The molecular formula is C33H33F2N9O3. The lowest BCUT2D eigenvalue weighted by molar-refractivity contribution is -0.135. The van der Waals surface area contributed by atoms with Gasteiger partial charge in [0.2, 0.25) is 11.8 Å². The van der Waals surface area contributed by atoms with E-state index >= 15 is 0 Å². The number of rotatable bonds is 8. The second-order valence-electron chi connectivity index (χ2n) is 11.9. The number of hydrogen-bond acceptors (Lipinski definition) is 7. The van der Waals surface area contributed by atoms with Gasteiger partial charge in [0.05, 0.1) is 34.0 Å². The molecular weight excluding hydrogens is 608 g/mol. The van der Waals surface area contributed by atoms with Gasteiger partial charge in [0.25, 0.3) is 6.43 Å². The van der Waals surface area contributed by atoms with Gasteiger partial charge in [-0.1, -0.05) is 30.1 Å². The summed E-state index contributed by atoms with van der Waals surface area (Å²) in [6.45, 7) is 2.65. The van der Waals surface area contributed by atoms with Crippen LogP contribution in [0.15, 0.2) is 59.7 Å². The maximum atomic E-state index is 14.1. The van der Waals surface area contributed by atoms with Gasteiger partial charge in [-0.25, -0.2) is 13.6 Å². The Bertz CT molecular complexity index is 2020. The SMILES string of the molecule is Cn1c(=O)n(C2CCC(=O)NC2=O)c2cccc(C#CCCCN3CC(n4cc(N5CC=CC=C5c5cc[nH]n5)c(C(F)F)n4)C3)c21. The van der Waals surface area contributed by atoms with E-state index in [1.165, 1.54) is 9.13 Å². The monoisotopic (exact) mass is 641 g/mol. The van der Waals surface area contributed by atoms with Crippen LogP contribution in [0.3, 0.4) is 0 Å². The molecule has 242 valence electrons. The van der Waals surface area contributed by atoms with E-state index in [4.69, 9.17) is 0 Å². The molecule has 2 N–H and O–H groups in total. The molecule has 1 unspecified atom stereocenters. The fourth-order valence-corrected chi connectivity index (χ4v) is 6.53. The summed E-state index contributed by atoms with van der Waals surface area (Å²) in [5, 5.41) is 13.7. The molecule has 1 aromatic carbocycles. The molecule has 2 fully saturated rings. The number of piperidine rings is 1. The number of halogens is 2. The highest BCUT2D eigenvalue weighted by molar-refractivity contribution is 6.00. The third kappa shape index (κ3) is 5.67. The van der Waals surface area contributed by atoms with Crippen molar-refractivity contribution in [3.05, 3.63) is 82.3 Å². The molecule has 0 radical (unpaired) electrons. The van der Waals surface area contributed by atoms with E-state index in [9.17, 15) is 23.2 Å². The number of alkyl halides is 2. The highest BCUT2D eigenvalue weighted by atomic mass is 19.3. The number of nitrogens with one attached hydrogen (secondary N) is 2. The number of benzene rings is 1. The van der Waals surface area contributed by atoms with Gasteiger partial charge < -0.3 is 4.90 Å². The maximum absolute atomic E-state index is 14.1. The smallest absolute Gasteiger partial charge is 0.329 e. The first-order chi connectivity index (χ1) is 22.8. The summed E-state index contributed by atoms with van der Waals surface area (Å²) in [6.07, 6.45) is 8.27. The van der Waals surface area contributed by atoms with Crippen LogP contribution in [-0.4, -0.2) is 72.0 Å². The summed E-state index contributed by atoms with van der Waals surface area (Å²) < 4.78 is 32.8. The molecule has 1 atom stereocenters. The van der Waals surface area contributed by atoms with Crippen molar-refractivity contribution in [1.29, 1.82) is 0 Å².